The Hall–Kier alpha value is -1.63. The molecule has 2 aliphatic rings. The van der Waals surface area contributed by atoms with Crippen molar-refractivity contribution in [2.24, 2.45) is 5.92 Å². The van der Waals surface area contributed by atoms with Crippen molar-refractivity contribution in [3.05, 3.63) is 0 Å². The Morgan fingerprint density at radius 3 is 2.85 bits per heavy atom. The van der Waals surface area contributed by atoms with Gasteiger partial charge in [0.1, 0.15) is 6.61 Å². The van der Waals surface area contributed by atoms with Gasteiger partial charge in [-0.15, -0.1) is 0 Å². The summed E-state index contributed by atoms with van der Waals surface area (Å²) in [5, 5.41) is 0. The second kappa shape index (κ2) is 6.69. The summed E-state index contributed by atoms with van der Waals surface area (Å²) in [7, 11) is 0. The van der Waals surface area contributed by atoms with Crippen LogP contribution in [-0.4, -0.2) is 67.2 Å². The third kappa shape index (κ3) is 3.47. The van der Waals surface area contributed by atoms with Crippen LogP contribution in [0.1, 0.15) is 19.8 Å². The minimum atomic E-state index is -0.575. The van der Waals surface area contributed by atoms with Crippen LogP contribution in [0.15, 0.2) is 0 Å². The van der Waals surface area contributed by atoms with Crippen LogP contribution in [0.2, 0.25) is 0 Å². The zero-order valence-electron chi connectivity index (χ0n) is 11.7. The molecule has 0 saturated carbocycles. The molecule has 20 heavy (non-hydrogen) atoms. The van der Waals surface area contributed by atoms with Gasteiger partial charge in [0.15, 0.2) is 0 Å². The third-order valence-corrected chi connectivity index (χ3v) is 3.55. The van der Waals surface area contributed by atoms with E-state index in [9.17, 15) is 14.4 Å². The van der Waals surface area contributed by atoms with Crippen LogP contribution in [-0.2, 0) is 19.1 Å². The van der Waals surface area contributed by atoms with Crippen molar-refractivity contribution < 1.29 is 23.9 Å². The molecule has 2 aliphatic heterocycles. The van der Waals surface area contributed by atoms with Crippen molar-refractivity contribution in [3.8, 4) is 0 Å². The van der Waals surface area contributed by atoms with Gasteiger partial charge >= 0.3 is 12.1 Å². The van der Waals surface area contributed by atoms with E-state index in [1.54, 1.807) is 6.92 Å². The Bertz CT molecular complexity index is 398. The van der Waals surface area contributed by atoms with Crippen molar-refractivity contribution in [2.45, 2.75) is 19.8 Å². The van der Waals surface area contributed by atoms with E-state index in [1.165, 1.54) is 0 Å². The van der Waals surface area contributed by atoms with E-state index in [1.807, 2.05) is 4.90 Å². The summed E-state index contributed by atoms with van der Waals surface area (Å²) >= 11 is 0. The Morgan fingerprint density at radius 2 is 2.20 bits per heavy atom. The number of carbonyl (C=O) groups is 3. The maximum Gasteiger partial charge on any atom is 0.416 e. The predicted octanol–water partition coefficient (Wildman–Crippen LogP) is 0.240. The molecule has 0 N–H and O–H groups in total. The van der Waals surface area contributed by atoms with E-state index in [0.29, 0.717) is 19.7 Å². The van der Waals surface area contributed by atoms with E-state index in [4.69, 9.17) is 9.47 Å². The molecule has 7 nitrogen and oxygen atoms in total. The number of ether oxygens (including phenoxy) is 2. The van der Waals surface area contributed by atoms with Gasteiger partial charge in [-0.3, -0.25) is 14.5 Å². The van der Waals surface area contributed by atoms with Crippen LogP contribution in [0.4, 0.5) is 4.79 Å². The monoisotopic (exact) mass is 284 g/mol. The van der Waals surface area contributed by atoms with Gasteiger partial charge in [0.05, 0.1) is 25.6 Å². The summed E-state index contributed by atoms with van der Waals surface area (Å²) < 4.78 is 9.76. The molecule has 1 atom stereocenters. The fourth-order valence-electron chi connectivity index (χ4n) is 2.55. The van der Waals surface area contributed by atoms with E-state index >= 15 is 0 Å². The molecule has 2 fully saturated rings. The quantitative estimate of drug-likeness (QED) is 0.688. The van der Waals surface area contributed by atoms with Crippen molar-refractivity contribution in [2.75, 3.05) is 39.4 Å². The first-order chi connectivity index (χ1) is 9.61. The highest BCUT2D eigenvalue weighted by atomic mass is 16.6. The molecule has 0 aromatic rings. The molecule has 0 bridgehead atoms. The standard InChI is InChI=1S/C13H20N2O5/c1-2-19-12(17)10-4-3-5-14(8-10)9-11(16)15-6-7-20-13(15)18/h10H,2-9H2,1H3/t10-/m1/s1. The Kier molecular flexibility index (Phi) is 4.94. The van der Waals surface area contributed by atoms with Gasteiger partial charge in [-0.25, -0.2) is 9.69 Å². The van der Waals surface area contributed by atoms with Gasteiger partial charge in [0.2, 0.25) is 5.91 Å². The van der Waals surface area contributed by atoms with Crippen molar-refractivity contribution in [1.82, 2.24) is 9.80 Å². The van der Waals surface area contributed by atoms with Crippen molar-refractivity contribution in [3.63, 3.8) is 0 Å². The first-order valence-corrected chi connectivity index (χ1v) is 6.98. The van der Waals surface area contributed by atoms with Gasteiger partial charge in [0.25, 0.3) is 0 Å². The van der Waals surface area contributed by atoms with E-state index in [0.717, 1.165) is 24.3 Å². The Labute approximate surface area is 117 Å². The summed E-state index contributed by atoms with van der Waals surface area (Å²) in [6.45, 7) is 4.13. The molecule has 7 heteroatoms. The number of cyclic esters (lactones) is 1. The molecule has 2 heterocycles. The molecule has 0 aliphatic carbocycles. The molecular formula is C13H20N2O5. The highest BCUT2D eigenvalue weighted by molar-refractivity contribution is 5.94. The minimum absolute atomic E-state index is 0.144. The predicted molar refractivity (Wildman–Crippen MR) is 68.9 cm³/mol. The van der Waals surface area contributed by atoms with Crippen LogP contribution in [0.5, 0.6) is 0 Å². The summed E-state index contributed by atoms with van der Waals surface area (Å²) in [5.74, 6) is -0.649. The van der Waals surface area contributed by atoms with Gasteiger partial charge in [-0.2, -0.15) is 0 Å². The van der Waals surface area contributed by atoms with Gasteiger partial charge in [0, 0.05) is 6.54 Å². The number of amides is 2. The van der Waals surface area contributed by atoms with Gasteiger partial charge in [-0.1, -0.05) is 0 Å². The summed E-state index contributed by atoms with van der Waals surface area (Å²) in [6, 6.07) is 0. The summed E-state index contributed by atoms with van der Waals surface area (Å²) in [6.07, 6.45) is 1.06. The van der Waals surface area contributed by atoms with E-state index in [-0.39, 0.29) is 30.9 Å². The fourth-order valence-corrected chi connectivity index (χ4v) is 2.55. The van der Waals surface area contributed by atoms with E-state index < -0.39 is 6.09 Å². The molecular weight excluding hydrogens is 264 g/mol. The van der Waals surface area contributed by atoms with Crippen LogP contribution < -0.4 is 0 Å². The average molecular weight is 284 g/mol. The van der Waals surface area contributed by atoms with Crippen LogP contribution >= 0.6 is 0 Å². The molecule has 0 aromatic carbocycles. The van der Waals surface area contributed by atoms with E-state index in [2.05, 4.69) is 0 Å². The SMILES string of the molecule is CCOC(=O)[C@@H]1CCCN(CC(=O)N2CCOC2=O)C1. The largest absolute Gasteiger partial charge is 0.466 e. The molecule has 2 rings (SSSR count). The summed E-state index contributed by atoms with van der Waals surface area (Å²) in [5.41, 5.74) is 0. The summed E-state index contributed by atoms with van der Waals surface area (Å²) in [4.78, 5) is 38.0. The number of esters is 1. The zero-order valence-corrected chi connectivity index (χ0v) is 11.7. The minimum Gasteiger partial charge on any atom is -0.466 e. The zero-order chi connectivity index (χ0) is 14.5. The number of nitrogens with zero attached hydrogens (tertiary/aromatic N) is 2. The second-order valence-corrected chi connectivity index (χ2v) is 4.99. The lowest BCUT2D eigenvalue weighted by atomic mass is 9.98. The molecule has 0 radical (unpaired) electrons. The van der Waals surface area contributed by atoms with Gasteiger partial charge in [-0.05, 0) is 26.3 Å². The highest BCUT2D eigenvalue weighted by Gasteiger charge is 2.32. The first-order valence-electron chi connectivity index (χ1n) is 6.98. The number of rotatable bonds is 4. The molecule has 2 amide bonds. The lowest BCUT2D eigenvalue weighted by Gasteiger charge is -2.31. The molecule has 112 valence electrons. The van der Waals surface area contributed by atoms with Gasteiger partial charge < -0.3 is 9.47 Å². The van der Waals surface area contributed by atoms with Crippen LogP contribution in [0.25, 0.3) is 0 Å². The smallest absolute Gasteiger partial charge is 0.416 e. The first kappa shape index (κ1) is 14.8. The lowest BCUT2D eigenvalue weighted by Crippen LogP contribution is -2.46. The third-order valence-electron chi connectivity index (χ3n) is 3.55. The van der Waals surface area contributed by atoms with Crippen LogP contribution in [0, 0.1) is 5.92 Å². The number of hydrogen-bond acceptors (Lipinski definition) is 6. The Morgan fingerprint density at radius 1 is 1.40 bits per heavy atom. The molecule has 2 saturated heterocycles. The maximum atomic E-state index is 12.0. The second-order valence-electron chi connectivity index (χ2n) is 4.99. The van der Waals surface area contributed by atoms with Crippen molar-refractivity contribution >= 4 is 18.0 Å². The maximum absolute atomic E-state index is 12.0. The molecule has 0 spiro atoms. The topological polar surface area (TPSA) is 76.2 Å². The van der Waals surface area contributed by atoms with Crippen molar-refractivity contribution in [1.29, 1.82) is 0 Å². The number of imide groups is 1. The molecule has 0 unspecified atom stereocenters. The number of hydrogen-bond donors (Lipinski definition) is 0. The number of carbonyl (C=O) groups excluding carboxylic acids is 3. The van der Waals surface area contributed by atoms with Crippen LogP contribution in [0.3, 0.4) is 0 Å². The average Bonchev–Trinajstić information content (AvgIpc) is 2.85. The normalized spacial score (nSPS) is 23.6. The lowest BCUT2D eigenvalue weighted by molar-refractivity contribution is -0.150. The molecule has 0 aromatic heterocycles. The highest BCUT2D eigenvalue weighted by Crippen LogP contribution is 2.18. The number of likely N-dealkylation sites (tertiary alicyclic amines) is 1. The fraction of sp³-hybridized carbons (Fsp3) is 0.769. The number of piperidine rings is 1. The Balaban J connectivity index is 1.84.